The lowest BCUT2D eigenvalue weighted by molar-refractivity contribution is 0.0438. The largest absolute Gasteiger partial charge is 0.491 e. The first-order chi connectivity index (χ1) is 14.2. The SMILES string of the molecule is O=C(OCc1nnc(-c2ccccc2Br)o1)c1ccc(OC[C@@H]2CCCO2)cc1. The maximum absolute atomic E-state index is 12.2. The van der Waals surface area contributed by atoms with Crippen molar-refractivity contribution >= 4 is 21.9 Å². The van der Waals surface area contributed by atoms with E-state index in [-0.39, 0.29) is 18.6 Å². The lowest BCUT2D eigenvalue weighted by atomic mass is 10.2. The molecular formula is C21H19BrN2O5. The van der Waals surface area contributed by atoms with Crippen molar-refractivity contribution in [3.63, 3.8) is 0 Å². The molecule has 7 nitrogen and oxygen atoms in total. The summed E-state index contributed by atoms with van der Waals surface area (Å²) in [5.41, 5.74) is 1.19. The van der Waals surface area contributed by atoms with Gasteiger partial charge in [0.05, 0.1) is 17.2 Å². The van der Waals surface area contributed by atoms with E-state index in [9.17, 15) is 4.79 Å². The van der Waals surface area contributed by atoms with Gasteiger partial charge >= 0.3 is 5.97 Å². The molecule has 0 saturated carbocycles. The summed E-state index contributed by atoms with van der Waals surface area (Å²) in [7, 11) is 0. The van der Waals surface area contributed by atoms with Crippen molar-refractivity contribution in [2.45, 2.75) is 25.6 Å². The molecule has 1 aliphatic heterocycles. The van der Waals surface area contributed by atoms with Gasteiger partial charge in [-0.1, -0.05) is 12.1 Å². The van der Waals surface area contributed by atoms with Crippen molar-refractivity contribution in [2.24, 2.45) is 0 Å². The highest BCUT2D eigenvalue weighted by Gasteiger charge is 2.17. The fourth-order valence-corrected chi connectivity index (χ4v) is 3.37. The van der Waals surface area contributed by atoms with Crippen molar-refractivity contribution in [3.8, 4) is 17.2 Å². The van der Waals surface area contributed by atoms with Crippen molar-refractivity contribution in [1.82, 2.24) is 10.2 Å². The molecule has 3 aromatic rings. The Bertz CT molecular complexity index is 967. The third-order valence-corrected chi connectivity index (χ3v) is 5.14. The van der Waals surface area contributed by atoms with E-state index in [0.29, 0.717) is 23.8 Å². The molecule has 0 N–H and O–H groups in total. The second kappa shape index (κ2) is 9.19. The molecule has 4 rings (SSSR count). The summed E-state index contributed by atoms with van der Waals surface area (Å²) in [5.74, 6) is 0.792. The van der Waals surface area contributed by atoms with Crippen LogP contribution in [-0.4, -0.2) is 35.5 Å². The van der Waals surface area contributed by atoms with Crippen LogP contribution in [0.15, 0.2) is 57.4 Å². The first kappa shape index (κ1) is 19.6. The fourth-order valence-electron chi connectivity index (χ4n) is 2.92. The summed E-state index contributed by atoms with van der Waals surface area (Å²) in [4.78, 5) is 12.2. The van der Waals surface area contributed by atoms with Crippen LogP contribution in [0.5, 0.6) is 5.75 Å². The van der Waals surface area contributed by atoms with E-state index in [2.05, 4.69) is 26.1 Å². The highest BCUT2D eigenvalue weighted by Crippen LogP contribution is 2.26. The molecular weight excluding hydrogens is 440 g/mol. The third kappa shape index (κ3) is 5.02. The van der Waals surface area contributed by atoms with Gasteiger partial charge in [0, 0.05) is 11.1 Å². The predicted octanol–water partition coefficient (Wildman–Crippen LogP) is 4.41. The Labute approximate surface area is 176 Å². The molecule has 29 heavy (non-hydrogen) atoms. The zero-order chi connectivity index (χ0) is 20.1. The van der Waals surface area contributed by atoms with Gasteiger partial charge in [0.2, 0.25) is 5.89 Å². The smallest absolute Gasteiger partial charge is 0.338 e. The Morgan fingerprint density at radius 3 is 2.72 bits per heavy atom. The van der Waals surface area contributed by atoms with Gasteiger partial charge in [0.15, 0.2) is 6.61 Å². The lowest BCUT2D eigenvalue weighted by Gasteiger charge is -2.11. The average molecular weight is 459 g/mol. The lowest BCUT2D eigenvalue weighted by Crippen LogP contribution is -2.16. The van der Waals surface area contributed by atoms with Crippen molar-refractivity contribution in [1.29, 1.82) is 0 Å². The number of aromatic nitrogens is 2. The summed E-state index contributed by atoms with van der Waals surface area (Å²) in [6.45, 7) is 1.21. The maximum Gasteiger partial charge on any atom is 0.338 e. The molecule has 1 saturated heterocycles. The van der Waals surface area contributed by atoms with E-state index in [1.54, 1.807) is 24.3 Å². The number of halogens is 1. The molecule has 1 fully saturated rings. The molecule has 0 bridgehead atoms. The van der Waals surface area contributed by atoms with Crippen LogP contribution < -0.4 is 4.74 Å². The van der Waals surface area contributed by atoms with E-state index < -0.39 is 5.97 Å². The Kier molecular flexibility index (Phi) is 6.21. The van der Waals surface area contributed by atoms with Crippen LogP contribution in [0.1, 0.15) is 29.1 Å². The molecule has 0 radical (unpaired) electrons. The van der Waals surface area contributed by atoms with Crippen LogP contribution in [0.4, 0.5) is 0 Å². The molecule has 0 aliphatic carbocycles. The summed E-state index contributed by atoms with van der Waals surface area (Å²) in [6.07, 6.45) is 2.24. The van der Waals surface area contributed by atoms with Crippen LogP contribution in [0, 0.1) is 0 Å². The molecule has 0 spiro atoms. The predicted molar refractivity (Wildman–Crippen MR) is 107 cm³/mol. The molecule has 150 valence electrons. The normalized spacial score (nSPS) is 16.0. The standard InChI is InChI=1S/C21H19BrN2O5/c22-18-6-2-1-5-17(18)20-24-23-19(29-20)13-28-21(25)14-7-9-15(10-8-14)27-12-16-4-3-11-26-16/h1-2,5-10,16H,3-4,11-13H2/t16-/m0/s1. The first-order valence-electron chi connectivity index (χ1n) is 9.28. The molecule has 1 aromatic heterocycles. The van der Waals surface area contributed by atoms with E-state index >= 15 is 0 Å². The zero-order valence-corrected chi connectivity index (χ0v) is 17.1. The van der Waals surface area contributed by atoms with Crippen LogP contribution in [0.25, 0.3) is 11.5 Å². The van der Waals surface area contributed by atoms with Crippen LogP contribution in [0.2, 0.25) is 0 Å². The van der Waals surface area contributed by atoms with Gasteiger partial charge in [-0.25, -0.2) is 4.79 Å². The number of ether oxygens (including phenoxy) is 3. The highest BCUT2D eigenvalue weighted by molar-refractivity contribution is 9.10. The van der Waals surface area contributed by atoms with Crippen molar-refractivity contribution in [3.05, 3.63) is 64.5 Å². The van der Waals surface area contributed by atoms with E-state index in [1.165, 1.54) is 0 Å². The quantitative estimate of drug-likeness (QED) is 0.484. The van der Waals surface area contributed by atoms with Crippen molar-refractivity contribution in [2.75, 3.05) is 13.2 Å². The second-order valence-corrected chi connectivity index (χ2v) is 7.38. The number of carbonyl (C=O) groups is 1. The Morgan fingerprint density at radius 2 is 1.97 bits per heavy atom. The fraction of sp³-hybridized carbons (Fsp3) is 0.286. The van der Waals surface area contributed by atoms with Gasteiger partial charge in [0.25, 0.3) is 5.89 Å². The number of carbonyl (C=O) groups excluding carboxylic acids is 1. The Morgan fingerprint density at radius 1 is 1.14 bits per heavy atom. The summed E-state index contributed by atoms with van der Waals surface area (Å²) in [5, 5.41) is 7.93. The van der Waals surface area contributed by atoms with Gasteiger partial charge < -0.3 is 18.6 Å². The zero-order valence-electron chi connectivity index (χ0n) is 15.5. The minimum atomic E-state index is -0.476. The summed E-state index contributed by atoms with van der Waals surface area (Å²) in [6, 6.07) is 14.3. The van der Waals surface area contributed by atoms with E-state index in [1.807, 2.05) is 24.3 Å². The Balaban J connectivity index is 1.30. The van der Waals surface area contributed by atoms with Crippen LogP contribution in [0.3, 0.4) is 0 Å². The number of hydrogen-bond acceptors (Lipinski definition) is 7. The molecule has 2 aromatic carbocycles. The van der Waals surface area contributed by atoms with Crippen LogP contribution in [-0.2, 0) is 16.1 Å². The van der Waals surface area contributed by atoms with Crippen molar-refractivity contribution < 1.29 is 23.4 Å². The van der Waals surface area contributed by atoms with Gasteiger partial charge in [-0.15, -0.1) is 10.2 Å². The van der Waals surface area contributed by atoms with Gasteiger partial charge in [-0.2, -0.15) is 0 Å². The first-order valence-corrected chi connectivity index (χ1v) is 10.1. The monoisotopic (exact) mass is 458 g/mol. The van der Waals surface area contributed by atoms with Gasteiger partial charge in [-0.3, -0.25) is 0 Å². The molecule has 0 unspecified atom stereocenters. The minimum absolute atomic E-state index is 0.104. The highest BCUT2D eigenvalue weighted by atomic mass is 79.9. The van der Waals surface area contributed by atoms with Gasteiger partial charge in [-0.05, 0) is 65.2 Å². The molecule has 8 heteroatoms. The van der Waals surface area contributed by atoms with Crippen LogP contribution >= 0.6 is 15.9 Å². The molecule has 1 aliphatic rings. The number of esters is 1. The summed E-state index contributed by atoms with van der Waals surface area (Å²) < 4.78 is 22.9. The Hall–Kier alpha value is -2.71. The average Bonchev–Trinajstić information content (AvgIpc) is 3.43. The van der Waals surface area contributed by atoms with Gasteiger partial charge in [0.1, 0.15) is 12.4 Å². The molecule has 2 heterocycles. The number of rotatable bonds is 7. The maximum atomic E-state index is 12.2. The summed E-state index contributed by atoms with van der Waals surface area (Å²) >= 11 is 3.44. The molecule has 0 amide bonds. The third-order valence-electron chi connectivity index (χ3n) is 4.45. The number of hydrogen-bond donors (Lipinski definition) is 0. The van der Waals surface area contributed by atoms with E-state index in [0.717, 1.165) is 29.5 Å². The van der Waals surface area contributed by atoms with E-state index in [4.69, 9.17) is 18.6 Å². The molecule has 1 atom stereocenters. The topological polar surface area (TPSA) is 83.7 Å². The minimum Gasteiger partial charge on any atom is -0.491 e. The number of nitrogens with zero attached hydrogens (tertiary/aromatic N) is 2. The second-order valence-electron chi connectivity index (χ2n) is 6.53. The number of benzene rings is 2.